The smallest absolute Gasteiger partial charge is 0.408 e. The van der Waals surface area contributed by atoms with Crippen LogP contribution in [0.1, 0.15) is 26.3 Å². The third kappa shape index (κ3) is 7.78. The number of hydrogen-bond donors (Lipinski definition) is 1. The fourth-order valence-corrected chi connectivity index (χ4v) is 3.04. The number of esters is 1. The quantitative estimate of drug-likeness (QED) is 0.800. The van der Waals surface area contributed by atoms with E-state index < -0.39 is 34.5 Å². The summed E-state index contributed by atoms with van der Waals surface area (Å²) in [6.45, 7) is 5.15. The van der Waals surface area contributed by atoms with E-state index >= 15 is 0 Å². The Labute approximate surface area is 139 Å². The Balaban J connectivity index is 2.66. The van der Waals surface area contributed by atoms with Crippen LogP contribution in [0.4, 0.5) is 4.79 Å². The minimum absolute atomic E-state index is 0.0409. The molecular formula is C16H23NO5S. The number of alkyl carbamates (subject to hydrolysis) is 1. The van der Waals surface area contributed by atoms with Crippen LogP contribution in [0.5, 0.6) is 0 Å². The maximum atomic E-state index is 12.2. The lowest BCUT2D eigenvalue weighted by Crippen LogP contribution is -2.47. The Morgan fingerprint density at radius 3 is 2.35 bits per heavy atom. The average molecular weight is 341 g/mol. The lowest BCUT2D eigenvalue weighted by Gasteiger charge is -2.22. The molecule has 1 aromatic rings. The van der Waals surface area contributed by atoms with Gasteiger partial charge >= 0.3 is 12.1 Å². The van der Waals surface area contributed by atoms with Gasteiger partial charge in [-0.3, -0.25) is 4.21 Å². The normalized spacial score (nSPS) is 13.7. The molecule has 7 heteroatoms. The van der Waals surface area contributed by atoms with Crippen molar-refractivity contribution in [1.29, 1.82) is 0 Å². The van der Waals surface area contributed by atoms with Gasteiger partial charge in [0, 0.05) is 16.6 Å². The van der Waals surface area contributed by atoms with Crippen molar-refractivity contribution in [3.8, 4) is 0 Å². The number of methoxy groups -OCH3 is 1. The first kappa shape index (κ1) is 19.2. The minimum Gasteiger partial charge on any atom is -0.467 e. The molecule has 1 N–H and O–H groups in total. The highest BCUT2D eigenvalue weighted by Gasteiger charge is 2.26. The third-order valence-electron chi connectivity index (χ3n) is 2.70. The molecule has 0 saturated heterocycles. The van der Waals surface area contributed by atoms with E-state index in [4.69, 9.17) is 4.74 Å². The van der Waals surface area contributed by atoms with Gasteiger partial charge in [0.1, 0.15) is 11.6 Å². The Hall–Kier alpha value is -1.89. The molecule has 2 atom stereocenters. The molecule has 0 saturated carbocycles. The molecule has 0 aromatic heterocycles. The predicted molar refractivity (Wildman–Crippen MR) is 88.3 cm³/mol. The second kappa shape index (κ2) is 8.67. The number of rotatable bonds is 6. The minimum atomic E-state index is -1.33. The Kier molecular flexibility index (Phi) is 7.22. The molecule has 128 valence electrons. The monoisotopic (exact) mass is 341 g/mol. The largest absolute Gasteiger partial charge is 0.467 e. The molecule has 0 aliphatic rings. The van der Waals surface area contributed by atoms with E-state index in [0.717, 1.165) is 5.56 Å². The molecule has 0 aliphatic heterocycles. The van der Waals surface area contributed by atoms with Crippen LogP contribution in [0.25, 0.3) is 0 Å². The van der Waals surface area contributed by atoms with Crippen LogP contribution in [-0.4, -0.2) is 40.8 Å². The third-order valence-corrected chi connectivity index (χ3v) is 4.06. The van der Waals surface area contributed by atoms with Gasteiger partial charge in [-0.25, -0.2) is 9.59 Å². The van der Waals surface area contributed by atoms with Crippen molar-refractivity contribution in [2.75, 3.05) is 12.9 Å². The topological polar surface area (TPSA) is 81.7 Å². The molecule has 1 amide bonds. The molecule has 1 aromatic carbocycles. The van der Waals surface area contributed by atoms with Gasteiger partial charge in [0.2, 0.25) is 0 Å². The fourth-order valence-electron chi connectivity index (χ4n) is 1.77. The molecule has 6 nitrogen and oxygen atoms in total. The van der Waals surface area contributed by atoms with Crippen molar-refractivity contribution in [3.05, 3.63) is 35.9 Å². The predicted octanol–water partition coefficient (Wildman–Crippen LogP) is 2.00. The SMILES string of the molecule is COC(=O)[C@H](CS(=O)Cc1ccccc1)NC(=O)OC(C)(C)C. The highest BCUT2D eigenvalue weighted by molar-refractivity contribution is 7.84. The van der Waals surface area contributed by atoms with Gasteiger partial charge in [-0.15, -0.1) is 0 Å². The van der Waals surface area contributed by atoms with Gasteiger partial charge in [0.05, 0.1) is 12.9 Å². The van der Waals surface area contributed by atoms with Crippen molar-refractivity contribution in [1.82, 2.24) is 5.32 Å². The number of carbonyl (C=O) groups excluding carboxylic acids is 2. The molecule has 0 spiro atoms. The first-order valence-electron chi connectivity index (χ1n) is 7.17. The molecule has 1 unspecified atom stereocenters. The maximum absolute atomic E-state index is 12.2. The van der Waals surface area contributed by atoms with Crippen molar-refractivity contribution >= 4 is 22.9 Å². The first-order chi connectivity index (χ1) is 10.7. The highest BCUT2D eigenvalue weighted by Crippen LogP contribution is 2.08. The number of carbonyl (C=O) groups is 2. The lowest BCUT2D eigenvalue weighted by molar-refractivity contribution is -0.142. The molecule has 0 heterocycles. The van der Waals surface area contributed by atoms with Crippen LogP contribution < -0.4 is 5.32 Å². The van der Waals surface area contributed by atoms with Gasteiger partial charge in [-0.2, -0.15) is 0 Å². The number of benzene rings is 1. The molecule has 0 radical (unpaired) electrons. The lowest BCUT2D eigenvalue weighted by atomic mass is 10.2. The van der Waals surface area contributed by atoms with Crippen molar-refractivity contribution in [3.63, 3.8) is 0 Å². The Bertz CT molecular complexity index is 553. The second-order valence-corrected chi connectivity index (χ2v) is 7.46. The zero-order valence-electron chi connectivity index (χ0n) is 13.8. The number of amides is 1. The molecule has 0 bridgehead atoms. The van der Waals surface area contributed by atoms with E-state index in [2.05, 4.69) is 10.1 Å². The number of ether oxygens (including phenoxy) is 2. The van der Waals surface area contributed by atoms with Crippen LogP contribution in [0.3, 0.4) is 0 Å². The molecular weight excluding hydrogens is 318 g/mol. The van der Waals surface area contributed by atoms with Crippen LogP contribution in [0.2, 0.25) is 0 Å². The van der Waals surface area contributed by atoms with E-state index in [-0.39, 0.29) is 5.75 Å². The summed E-state index contributed by atoms with van der Waals surface area (Å²) in [5.41, 5.74) is 0.209. The van der Waals surface area contributed by atoms with Crippen LogP contribution >= 0.6 is 0 Å². The van der Waals surface area contributed by atoms with E-state index in [9.17, 15) is 13.8 Å². The number of nitrogens with one attached hydrogen (secondary N) is 1. The summed E-state index contributed by atoms with van der Waals surface area (Å²) in [5, 5.41) is 2.41. The van der Waals surface area contributed by atoms with Gasteiger partial charge < -0.3 is 14.8 Å². The molecule has 1 rings (SSSR count). The Morgan fingerprint density at radius 2 is 1.83 bits per heavy atom. The summed E-state index contributed by atoms with van der Waals surface area (Å²) in [5.74, 6) is -0.400. The number of hydrogen-bond acceptors (Lipinski definition) is 5. The van der Waals surface area contributed by atoms with Crippen molar-refractivity contribution in [2.45, 2.75) is 38.2 Å². The summed E-state index contributed by atoms with van der Waals surface area (Å²) in [6.07, 6.45) is -0.746. The van der Waals surface area contributed by atoms with E-state index in [1.807, 2.05) is 30.3 Å². The Morgan fingerprint density at radius 1 is 1.22 bits per heavy atom. The van der Waals surface area contributed by atoms with Gasteiger partial charge in [0.15, 0.2) is 0 Å². The van der Waals surface area contributed by atoms with Gasteiger partial charge in [-0.1, -0.05) is 30.3 Å². The van der Waals surface area contributed by atoms with Crippen LogP contribution in [0.15, 0.2) is 30.3 Å². The fraction of sp³-hybridized carbons (Fsp3) is 0.500. The van der Waals surface area contributed by atoms with Crippen molar-refractivity contribution < 1.29 is 23.3 Å². The van der Waals surface area contributed by atoms with Gasteiger partial charge in [0.25, 0.3) is 0 Å². The summed E-state index contributed by atoms with van der Waals surface area (Å²) in [6, 6.07) is 8.26. The average Bonchev–Trinajstić information content (AvgIpc) is 2.44. The van der Waals surface area contributed by atoms with E-state index in [1.54, 1.807) is 20.8 Å². The van der Waals surface area contributed by atoms with Crippen LogP contribution in [0, 0.1) is 0 Å². The molecule has 0 aliphatic carbocycles. The van der Waals surface area contributed by atoms with Gasteiger partial charge in [-0.05, 0) is 26.3 Å². The summed E-state index contributed by atoms with van der Waals surface area (Å²) in [4.78, 5) is 23.6. The van der Waals surface area contributed by atoms with E-state index in [0.29, 0.717) is 5.75 Å². The molecule has 0 fully saturated rings. The summed E-state index contributed by atoms with van der Waals surface area (Å²) < 4.78 is 22.0. The summed E-state index contributed by atoms with van der Waals surface area (Å²) >= 11 is 0. The highest BCUT2D eigenvalue weighted by atomic mass is 32.2. The second-order valence-electron chi connectivity index (χ2n) is 5.96. The zero-order chi connectivity index (χ0) is 17.5. The summed E-state index contributed by atoms with van der Waals surface area (Å²) in [7, 11) is -0.119. The zero-order valence-corrected chi connectivity index (χ0v) is 14.6. The maximum Gasteiger partial charge on any atom is 0.408 e. The molecule has 23 heavy (non-hydrogen) atoms. The van der Waals surface area contributed by atoms with Crippen molar-refractivity contribution in [2.24, 2.45) is 0 Å². The van der Waals surface area contributed by atoms with Crippen LogP contribution in [-0.2, 0) is 30.8 Å². The van der Waals surface area contributed by atoms with E-state index in [1.165, 1.54) is 7.11 Å². The standard InChI is InChI=1S/C16H23NO5S/c1-16(2,3)22-15(19)17-13(14(18)21-4)11-23(20)10-12-8-6-5-7-9-12/h5-9,13H,10-11H2,1-4H3,(H,17,19)/t13-,23?/m0/s1. The first-order valence-corrected chi connectivity index (χ1v) is 8.66.